The molecular formula is C10H12BrN3. The average Bonchev–Trinajstić information content (AvgIpc) is 2.18. The van der Waals surface area contributed by atoms with E-state index in [-0.39, 0.29) is 0 Å². The van der Waals surface area contributed by atoms with Gasteiger partial charge in [0.15, 0.2) is 0 Å². The summed E-state index contributed by atoms with van der Waals surface area (Å²) >= 11 is 3.43. The highest BCUT2D eigenvalue weighted by atomic mass is 79.9. The maximum atomic E-state index is 8.07. The minimum absolute atomic E-state index is 0.602. The number of hydrogen-bond donors (Lipinski definition) is 0. The Hall–Kier alpha value is -0.990. The van der Waals surface area contributed by atoms with Crippen molar-refractivity contribution in [3.63, 3.8) is 0 Å². The van der Waals surface area contributed by atoms with Crippen LogP contribution in [-0.4, -0.2) is 6.54 Å². The molecule has 0 amide bonds. The highest BCUT2D eigenvalue weighted by molar-refractivity contribution is 9.10. The Kier molecular flexibility index (Phi) is 5.12. The number of benzene rings is 1. The van der Waals surface area contributed by atoms with Crippen LogP contribution in [0.5, 0.6) is 0 Å². The highest BCUT2D eigenvalue weighted by Crippen LogP contribution is 2.13. The Balaban J connectivity index is 2.27. The largest absolute Gasteiger partial charge is 0.0940 e. The molecule has 0 aliphatic carbocycles. The van der Waals surface area contributed by atoms with Gasteiger partial charge in [0.05, 0.1) is 0 Å². The molecule has 1 aromatic rings. The molecule has 0 spiro atoms. The molecule has 0 bridgehead atoms. The molecule has 0 N–H and O–H groups in total. The van der Waals surface area contributed by atoms with E-state index in [2.05, 4.69) is 38.1 Å². The summed E-state index contributed by atoms with van der Waals surface area (Å²) in [6.07, 6.45) is 3.06. The van der Waals surface area contributed by atoms with E-state index in [9.17, 15) is 0 Å². The average molecular weight is 254 g/mol. The Labute approximate surface area is 91.9 Å². The second kappa shape index (κ2) is 6.46. The van der Waals surface area contributed by atoms with E-state index >= 15 is 0 Å². The van der Waals surface area contributed by atoms with E-state index in [1.54, 1.807) is 0 Å². The predicted octanol–water partition coefficient (Wildman–Crippen LogP) is 4.08. The summed E-state index contributed by atoms with van der Waals surface area (Å²) in [6, 6.07) is 8.28. The quantitative estimate of drug-likeness (QED) is 0.329. The summed E-state index contributed by atoms with van der Waals surface area (Å²) in [4.78, 5) is 2.71. The van der Waals surface area contributed by atoms with E-state index in [4.69, 9.17) is 5.53 Å². The number of rotatable bonds is 5. The van der Waals surface area contributed by atoms with Crippen molar-refractivity contribution in [2.45, 2.75) is 19.3 Å². The molecule has 0 heterocycles. The van der Waals surface area contributed by atoms with Crippen molar-refractivity contribution in [3.05, 3.63) is 44.7 Å². The molecule has 0 saturated heterocycles. The second-order valence-electron chi connectivity index (χ2n) is 3.04. The van der Waals surface area contributed by atoms with E-state index < -0.39 is 0 Å². The third kappa shape index (κ3) is 4.30. The van der Waals surface area contributed by atoms with E-state index in [1.165, 1.54) is 5.56 Å². The number of nitrogens with zero attached hydrogens (tertiary/aromatic N) is 3. The third-order valence-corrected chi connectivity index (χ3v) is 2.42. The Bertz CT molecular complexity index is 332. The minimum atomic E-state index is 0.602. The van der Waals surface area contributed by atoms with E-state index in [0.717, 1.165) is 23.7 Å². The smallest absolute Gasteiger partial charge is 0.0258 e. The summed E-state index contributed by atoms with van der Waals surface area (Å²) < 4.78 is 1.12. The minimum Gasteiger partial charge on any atom is -0.0940 e. The van der Waals surface area contributed by atoms with E-state index in [1.807, 2.05) is 12.1 Å². The van der Waals surface area contributed by atoms with Crippen molar-refractivity contribution in [2.24, 2.45) is 5.11 Å². The molecule has 0 aromatic heterocycles. The fourth-order valence-corrected chi connectivity index (χ4v) is 1.70. The van der Waals surface area contributed by atoms with Crippen LogP contribution in [0.4, 0.5) is 0 Å². The van der Waals surface area contributed by atoms with Gasteiger partial charge >= 0.3 is 0 Å². The molecule has 0 atom stereocenters. The normalized spacial score (nSPS) is 9.50. The Morgan fingerprint density at radius 2 is 2.21 bits per heavy atom. The third-order valence-electron chi connectivity index (χ3n) is 1.93. The lowest BCUT2D eigenvalue weighted by Crippen LogP contribution is -1.87. The first kappa shape index (κ1) is 11.1. The molecule has 1 aromatic carbocycles. The standard InChI is InChI=1S/C10H12BrN3/c11-10-6-3-5-9(8-10)4-1-2-7-13-14-12/h3,5-6,8H,1-2,4,7H2. The number of azide groups is 1. The van der Waals surface area contributed by atoms with Crippen molar-refractivity contribution in [2.75, 3.05) is 6.54 Å². The van der Waals surface area contributed by atoms with Gasteiger partial charge in [-0.2, -0.15) is 0 Å². The topological polar surface area (TPSA) is 48.8 Å². The van der Waals surface area contributed by atoms with Crippen molar-refractivity contribution in [1.29, 1.82) is 0 Å². The van der Waals surface area contributed by atoms with Gasteiger partial charge in [-0.25, -0.2) is 0 Å². The zero-order valence-electron chi connectivity index (χ0n) is 7.86. The van der Waals surface area contributed by atoms with Gasteiger partial charge in [0.25, 0.3) is 0 Å². The van der Waals surface area contributed by atoms with Gasteiger partial charge < -0.3 is 0 Å². The van der Waals surface area contributed by atoms with Gasteiger partial charge in [-0.3, -0.25) is 0 Å². The molecule has 0 saturated carbocycles. The van der Waals surface area contributed by atoms with Crippen LogP contribution in [0.25, 0.3) is 10.4 Å². The monoisotopic (exact) mass is 253 g/mol. The summed E-state index contributed by atoms with van der Waals surface area (Å²) in [6.45, 7) is 0.602. The molecule has 3 nitrogen and oxygen atoms in total. The molecular weight excluding hydrogens is 242 g/mol. The lowest BCUT2D eigenvalue weighted by atomic mass is 10.1. The predicted molar refractivity (Wildman–Crippen MR) is 61.1 cm³/mol. The number of aryl methyl sites for hydroxylation is 1. The van der Waals surface area contributed by atoms with Crippen LogP contribution < -0.4 is 0 Å². The lowest BCUT2D eigenvalue weighted by molar-refractivity contribution is 0.742. The summed E-state index contributed by atoms with van der Waals surface area (Å²) in [5, 5.41) is 3.49. The zero-order chi connectivity index (χ0) is 10.2. The first-order valence-electron chi connectivity index (χ1n) is 4.58. The molecule has 0 aliphatic rings. The fourth-order valence-electron chi connectivity index (χ4n) is 1.25. The van der Waals surface area contributed by atoms with Crippen LogP contribution in [-0.2, 0) is 6.42 Å². The molecule has 0 aliphatic heterocycles. The van der Waals surface area contributed by atoms with Crippen LogP contribution in [0.3, 0.4) is 0 Å². The van der Waals surface area contributed by atoms with Crippen LogP contribution >= 0.6 is 15.9 Å². The molecule has 74 valence electrons. The maximum absolute atomic E-state index is 8.07. The molecule has 4 heteroatoms. The van der Waals surface area contributed by atoms with Crippen molar-refractivity contribution >= 4 is 15.9 Å². The van der Waals surface area contributed by atoms with Crippen LogP contribution in [0.15, 0.2) is 33.9 Å². The fraction of sp³-hybridized carbons (Fsp3) is 0.400. The maximum Gasteiger partial charge on any atom is 0.0258 e. The molecule has 0 radical (unpaired) electrons. The zero-order valence-corrected chi connectivity index (χ0v) is 9.44. The first-order chi connectivity index (χ1) is 6.83. The lowest BCUT2D eigenvalue weighted by Gasteiger charge is -2.00. The second-order valence-corrected chi connectivity index (χ2v) is 3.96. The number of unbranched alkanes of at least 4 members (excludes halogenated alkanes) is 1. The molecule has 0 fully saturated rings. The van der Waals surface area contributed by atoms with Gasteiger partial charge in [0, 0.05) is 15.9 Å². The Morgan fingerprint density at radius 3 is 2.93 bits per heavy atom. The van der Waals surface area contributed by atoms with Gasteiger partial charge in [-0.15, -0.1) is 0 Å². The Morgan fingerprint density at radius 1 is 1.36 bits per heavy atom. The summed E-state index contributed by atoms with van der Waals surface area (Å²) in [5.74, 6) is 0. The van der Waals surface area contributed by atoms with Crippen molar-refractivity contribution < 1.29 is 0 Å². The van der Waals surface area contributed by atoms with Gasteiger partial charge in [0.1, 0.15) is 0 Å². The van der Waals surface area contributed by atoms with Gasteiger partial charge in [-0.1, -0.05) is 33.2 Å². The van der Waals surface area contributed by atoms with Crippen LogP contribution in [0.2, 0.25) is 0 Å². The molecule has 0 unspecified atom stereocenters. The molecule has 14 heavy (non-hydrogen) atoms. The van der Waals surface area contributed by atoms with Crippen molar-refractivity contribution in [1.82, 2.24) is 0 Å². The highest BCUT2D eigenvalue weighted by Gasteiger charge is 1.93. The van der Waals surface area contributed by atoms with Crippen LogP contribution in [0, 0.1) is 0 Å². The number of halogens is 1. The van der Waals surface area contributed by atoms with Crippen molar-refractivity contribution in [3.8, 4) is 0 Å². The number of hydrogen-bond acceptors (Lipinski definition) is 1. The summed E-state index contributed by atoms with van der Waals surface area (Å²) in [5.41, 5.74) is 9.39. The molecule has 1 rings (SSSR count). The SMILES string of the molecule is [N-]=[N+]=NCCCCc1cccc(Br)c1. The van der Waals surface area contributed by atoms with Crippen LogP contribution in [0.1, 0.15) is 18.4 Å². The van der Waals surface area contributed by atoms with Gasteiger partial charge in [0.2, 0.25) is 0 Å². The van der Waals surface area contributed by atoms with E-state index in [0.29, 0.717) is 6.54 Å². The summed E-state index contributed by atoms with van der Waals surface area (Å²) in [7, 11) is 0. The first-order valence-corrected chi connectivity index (χ1v) is 5.37. The van der Waals surface area contributed by atoms with Gasteiger partial charge in [-0.05, 0) is 42.5 Å².